The maximum absolute atomic E-state index is 12.7. The maximum Gasteiger partial charge on any atom is 0.408 e. The zero-order valence-electron chi connectivity index (χ0n) is 17.6. The molecule has 1 unspecified atom stereocenters. The SMILES string of the molecule is COc1cc(OC)c(C(NC(=O)OCc2ccccc2)c2ccc(Cl)cc2)c(OC)c1. The molecule has 0 radical (unpaired) electrons. The largest absolute Gasteiger partial charge is 0.496 e. The molecule has 1 N–H and O–H groups in total. The summed E-state index contributed by atoms with van der Waals surface area (Å²) in [6.07, 6.45) is -0.580. The Labute approximate surface area is 186 Å². The van der Waals surface area contributed by atoms with Gasteiger partial charge >= 0.3 is 6.09 Å². The molecule has 31 heavy (non-hydrogen) atoms. The highest BCUT2D eigenvalue weighted by Gasteiger charge is 2.26. The van der Waals surface area contributed by atoms with E-state index in [0.717, 1.165) is 11.1 Å². The van der Waals surface area contributed by atoms with Gasteiger partial charge in [0.25, 0.3) is 0 Å². The van der Waals surface area contributed by atoms with E-state index in [0.29, 0.717) is 27.8 Å². The smallest absolute Gasteiger partial charge is 0.408 e. The number of methoxy groups -OCH3 is 3. The highest BCUT2D eigenvalue weighted by Crippen LogP contribution is 2.41. The highest BCUT2D eigenvalue weighted by molar-refractivity contribution is 6.30. The average molecular weight is 442 g/mol. The van der Waals surface area contributed by atoms with Crippen LogP contribution in [0.1, 0.15) is 22.7 Å². The Balaban J connectivity index is 1.95. The van der Waals surface area contributed by atoms with Crippen molar-refractivity contribution in [2.24, 2.45) is 0 Å². The van der Waals surface area contributed by atoms with Crippen LogP contribution in [0.2, 0.25) is 5.02 Å². The van der Waals surface area contributed by atoms with E-state index in [9.17, 15) is 4.79 Å². The third kappa shape index (κ3) is 5.61. The lowest BCUT2D eigenvalue weighted by atomic mass is 9.96. The maximum atomic E-state index is 12.7. The number of ether oxygens (including phenoxy) is 4. The van der Waals surface area contributed by atoms with Gasteiger partial charge in [0.05, 0.1) is 32.9 Å². The summed E-state index contributed by atoms with van der Waals surface area (Å²) in [5.74, 6) is 1.57. The Kier molecular flexibility index (Phi) is 7.62. The van der Waals surface area contributed by atoms with Crippen molar-refractivity contribution in [3.8, 4) is 17.2 Å². The molecule has 3 rings (SSSR count). The first-order valence-corrected chi connectivity index (χ1v) is 9.96. The van der Waals surface area contributed by atoms with Gasteiger partial charge in [-0.3, -0.25) is 0 Å². The van der Waals surface area contributed by atoms with Gasteiger partial charge in [-0.15, -0.1) is 0 Å². The molecule has 0 saturated carbocycles. The predicted octanol–water partition coefficient (Wildman–Crippen LogP) is 5.38. The third-order valence-electron chi connectivity index (χ3n) is 4.72. The van der Waals surface area contributed by atoms with Crippen LogP contribution in [0.25, 0.3) is 0 Å². The van der Waals surface area contributed by atoms with Gasteiger partial charge in [0.1, 0.15) is 23.9 Å². The predicted molar refractivity (Wildman–Crippen MR) is 119 cm³/mol. The van der Waals surface area contributed by atoms with E-state index in [1.807, 2.05) is 42.5 Å². The van der Waals surface area contributed by atoms with Gasteiger partial charge in [-0.25, -0.2) is 4.79 Å². The van der Waals surface area contributed by atoms with Crippen LogP contribution in [0.4, 0.5) is 4.79 Å². The minimum Gasteiger partial charge on any atom is -0.496 e. The fourth-order valence-electron chi connectivity index (χ4n) is 3.18. The average Bonchev–Trinajstić information content (AvgIpc) is 2.81. The van der Waals surface area contributed by atoms with Crippen LogP contribution in [0.3, 0.4) is 0 Å². The number of hydrogen-bond donors (Lipinski definition) is 1. The fourth-order valence-corrected chi connectivity index (χ4v) is 3.30. The first kappa shape index (κ1) is 22.3. The molecule has 1 amide bonds. The number of amides is 1. The molecule has 0 aliphatic heterocycles. The monoisotopic (exact) mass is 441 g/mol. The second-order valence-electron chi connectivity index (χ2n) is 6.64. The van der Waals surface area contributed by atoms with E-state index in [4.69, 9.17) is 30.5 Å². The van der Waals surface area contributed by atoms with Crippen LogP contribution in [0.5, 0.6) is 17.2 Å². The van der Waals surface area contributed by atoms with Crippen molar-refractivity contribution in [3.05, 3.63) is 88.4 Å². The lowest BCUT2D eigenvalue weighted by molar-refractivity contribution is 0.137. The number of halogens is 1. The molecular formula is C24H24ClNO5. The standard InChI is InChI=1S/C24H24ClNO5/c1-28-19-13-20(29-2)22(21(14-19)30-3)23(17-9-11-18(25)12-10-17)26-24(27)31-15-16-7-5-4-6-8-16/h4-14,23H,15H2,1-3H3,(H,26,27). The van der Waals surface area contributed by atoms with Gasteiger partial charge in [0.2, 0.25) is 0 Å². The van der Waals surface area contributed by atoms with E-state index in [1.165, 1.54) is 0 Å². The Morgan fingerprint density at radius 3 is 2.06 bits per heavy atom. The van der Waals surface area contributed by atoms with Crippen molar-refractivity contribution in [2.45, 2.75) is 12.6 Å². The van der Waals surface area contributed by atoms with Crippen LogP contribution < -0.4 is 19.5 Å². The van der Waals surface area contributed by atoms with Crippen molar-refractivity contribution >= 4 is 17.7 Å². The van der Waals surface area contributed by atoms with Gasteiger partial charge in [-0.05, 0) is 23.3 Å². The number of hydrogen-bond acceptors (Lipinski definition) is 5. The molecule has 0 aliphatic rings. The lowest BCUT2D eigenvalue weighted by Crippen LogP contribution is -2.30. The minimum absolute atomic E-state index is 0.150. The second kappa shape index (κ2) is 10.6. The molecule has 3 aromatic carbocycles. The summed E-state index contributed by atoms with van der Waals surface area (Å²) in [7, 11) is 4.65. The summed E-state index contributed by atoms with van der Waals surface area (Å²) in [6, 6.07) is 19.5. The summed E-state index contributed by atoms with van der Waals surface area (Å²) in [5.41, 5.74) is 2.30. The number of alkyl carbamates (subject to hydrolysis) is 1. The fraction of sp³-hybridized carbons (Fsp3) is 0.208. The Bertz CT molecular complexity index is 983. The van der Waals surface area contributed by atoms with Crippen molar-refractivity contribution in [1.82, 2.24) is 5.32 Å². The summed E-state index contributed by atoms with van der Waals surface area (Å²) in [6.45, 7) is 0.150. The molecule has 0 heterocycles. The van der Waals surface area contributed by atoms with Crippen LogP contribution >= 0.6 is 11.6 Å². The quantitative estimate of drug-likeness (QED) is 0.508. The summed E-state index contributed by atoms with van der Waals surface area (Å²) < 4.78 is 21.9. The van der Waals surface area contributed by atoms with Crippen LogP contribution in [-0.2, 0) is 11.3 Å². The molecule has 0 aliphatic carbocycles. The van der Waals surface area contributed by atoms with Crippen molar-refractivity contribution < 1.29 is 23.7 Å². The molecular weight excluding hydrogens is 418 g/mol. The van der Waals surface area contributed by atoms with Gasteiger partial charge < -0.3 is 24.3 Å². The normalized spacial score (nSPS) is 11.4. The van der Waals surface area contributed by atoms with Gasteiger partial charge in [-0.1, -0.05) is 54.1 Å². The molecule has 3 aromatic rings. The van der Waals surface area contributed by atoms with Gasteiger partial charge in [0, 0.05) is 17.2 Å². The van der Waals surface area contributed by atoms with E-state index < -0.39 is 12.1 Å². The third-order valence-corrected chi connectivity index (χ3v) is 4.97. The topological polar surface area (TPSA) is 66.0 Å². The first-order chi connectivity index (χ1) is 15.0. The van der Waals surface area contributed by atoms with Crippen LogP contribution in [0.15, 0.2) is 66.7 Å². The summed E-state index contributed by atoms with van der Waals surface area (Å²) >= 11 is 6.06. The number of benzene rings is 3. The van der Waals surface area contributed by atoms with Crippen molar-refractivity contribution in [1.29, 1.82) is 0 Å². The molecule has 6 nitrogen and oxygen atoms in total. The Hall–Kier alpha value is -3.38. The molecule has 0 bridgehead atoms. The Morgan fingerprint density at radius 2 is 1.52 bits per heavy atom. The number of nitrogens with one attached hydrogen (secondary N) is 1. The van der Waals surface area contributed by atoms with Crippen LogP contribution in [-0.4, -0.2) is 27.4 Å². The summed E-state index contributed by atoms with van der Waals surface area (Å²) in [4.78, 5) is 12.7. The molecule has 162 valence electrons. The molecule has 0 aromatic heterocycles. The number of rotatable bonds is 8. The zero-order chi connectivity index (χ0) is 22.2. The van der Waals surface area contributed by atoms with Gasteiger partial charge in [0.15, 0.2) is 0 Å². The first-order valence-electron chi connectivity index (χ1n) is 9.58. The molecule has 7 heteroatoms. The molecule has 0 spiro atoms. The lowest BCUT2D eigenvalue weighted by Gasteiger charge is -2.24. The molecule has 1 atom stereocenters. The summed E-state index contributed by atoms with van der Waals surface area (Å²) in [5, 5.41) is 3.51. The number of carbonyl (C=O) groups excluding carboxylic acids is 1. The van der Waals surface area contributed by atoms with E-state index >= 15 is 0 Å². The number of carbonyl (C=O) groups is 1. The molecule has 0 fully saturated rings. The zero-order valence-corrected chi connectivity index (χ0v) is 18.3. The second-order valence-corrected chi connectivity index (χ2v) is 7.07. The van der Waals surface area contributed by atoms with E-state index in [1.54, 1.807) is 45.6 Å². The van der Waals surface area contributed by atoms with Crippen molar-refractivity contribution in [3.63, 3.8) is 0 Å². The van der Waals surface area contributed by atoms with Gasteiger partial charge in [-0.2, -0.15) is 0 Å². The minimum atomic E-state index is -0.614. The van der Waals surface area contributed by atoms with E-state index in [2.05, 4.69) is 5.32 Å². The van der Waals surface area contributed by atoms with Crippen molar-refractivity contribution in [2.75, 3.05) is 21.3 Å². The molecule has 0 saturated heterocycles. The Morgan fingerprint density at radius 1 is 0.903 bits per heavy atom. The van der Waals surface area contributed by atoms with E-state index in [-0.39, 0.29) is 6.61 Å². The highest BCUT2D eigenvalue weighted by atomic mass is 35.5. The van der Waals surface area contributed by atoms with Crippen LogP contribution in [0, 0.1) is 0 Å².